The van der Waals surface area contributed by atoms with Gasteiger partial charge in [0, 0.05) is 18.5 Å². The normalized spacial score (nSPS) is 16.2. The number of esters is 1. The van der Waals surface area contributed by atoms with Crippen LogP contribution in [0.5, 0.6) is 11.5 Å². The lowest BCUT2D eigenvalue weighted by Crippen LogP contribution is -2.25. The summed E-state index contributed by atoms with van der Waals surface area (Å²) in [5.74, 6) is -3.56. The molecule has 1 aliphatic rings. The van der Waals surface area contributed by atoms with E-state index in [-0.39, 0.29) is 34.5 Å². The second-order valence-electron chi connectivity index (χ2n) is 5.37. The maximum Gasteiger partial charge on any atom is 0.308 e. The summed E-state index contributed by atoms with van der Waals surface area (Å²) in [6, 6.07) is 3.65. The van der Waals surface area contributed by atoms with Crippen molar-refractivity contribution in [3.63, 3.8) is 0 Å². The Labute approximate surface area is 147 Å². The van der Waals surface area contributed by atoms with Crippen molar-refractivity contribution >= 4 is 33.5 Å². The van der Waals surface area contributed by atoms with E-state index in [4.69, 9.17) is 20.8 Å². The molecule has 0 aliphatic carbocycles. The number of sulfonamides is 1. The summed E-state index contributed by atoms with van der Waals surface area (Å²) >= 11 is 5.70. The number of nitrogens with zero attached hydrogens (tertiary/aromatic N) is 1. The lowest BCUT2D eigenvalue weighted by molar-refractivity contribution is -0.132. The van der Waals surface area contributed by atoms with Gasteiger partial charge in [-0.25, -0.2) is 17.1 Å². The molecule has 3 rings (SSSR count). The van der Waals surface area contributed by atoms with Gasteiger partial charge in [0.05, 0.1) is 11.3 Å². The van der Waals surface area contributed by atoms with Crippen LogP contribution in [-0.2, 0) is 14.8 Å². The van der Waals surface area contributed by atoms with Gasteiger partial charge in [-0.2, -0.15) is 0 Å². The summed E-state index contributed by atoms with van der Waals surface area (Å²) in [7, 11) is -3.68. The predicted molar refractivity (Wildman–Crippen MR) is 87.8 cm³/mol. The molecule has 1 aliphatic heterocycles. The van der Waals surface area contributed by atoms with Crippen LogP contribution < -0.4 is 9.04 Å². The Morgan fingerprint density at radius 2 is 2.16 bits per heavy atom. The second-order valence-corrected chi connectivity index (χ2v) is 7.82. The molecular formula is C15H13ClFNO6S. The van der Waals surface area contributed by atoms with Gasteiger partial charge in [0.2, 0.25) is 21.5 Å². The minimum Gasteiger partial charge on any atom is -0.502 e. The van der Waals surface area contributed by atoms with E-state index in [0.29, 0.717) is 6.42 Å². The third kappa shape index (κ3) is 3.16. The van der Waals surface area contributed by atoms with Crippen molar-refractivity contribution in [3.05, 3.63) is 29.0 Å². The van der Waals surface area contributed by atoms with Crippen molar-refractivity contribution in [1.82, 2.24) is 0 Å². The molecule has 1 saturated heterocycles. The number of anilines is 1. The van der Waals surface area contributed by atoms with Gasteiger partial charge < -0.3 is 14.3 Å². The van der Waals surface area contributed by atoms with Crippen molar-refractivity contribution in [2.75, 3.05) is 16.6 Å². The van der Waals surface area contributed by atoms with Gasteiger partial charge in [-0.3, -0.25) is 4.79 Å². The molecule has 25 heavy (non-hydrogen) atoms. The zero-order valence-electron chi connectivity index (χ0n) is 13.0. The molecule has 0 amide bonds. The number of benzene rings is 1. The number of aromatic hydroxyl groups is 1. The van der Waals surface area contributed by atoms with Gasteiger partial charge in [0.1, 0.15) is 5.82 Å². The Morgan fingerprint density at radius 3 is 2.72 bits per heavy atom. The third-order valence-electron chi connectivity index (χ3n) is 3.57. The Balaban J connectivity index is 2.20. The fourth-order valence-electron chi connectivity index (χ4n) is 2.52. The maximum atomic E-state index is 14.2. The summed E-state index contributed by atoms with van der Waals surface area (Å²) in [5, 5.41) is 10.5. The van der Waals surface area contributed by atoms with Crippen LogP contribution in [0.4, 0.5) is 10.3 Å². The summed E-state index contributed by atoms with van der Waals surface area (Å²) < 4.78 is 49.6. The molecule has 0 spiro atoms. The number of carbonyl (C=O) groups excluding carboxylic acids is 1. The van der Waals surface area contributed by atoms with E-state index in [9.17, 15) is 22.7 Å². The highest BCUT2D eigenvalue weighted by molar-refractivity contribution is 7.93. The van der Waals surface area contributed by atoms with Crippen LogP contribution in [0.1, 0.15) is 13.3 Å². The highest BCUT2D eigenvalue weighted by Gasteiger charge is 2.37. The molecule has 0 saturated carbocycles. The standard InChI is InChI=1S/C15H13ClFNO6S/c1-8(19)23-14-12(20)13(10-4-3-9(16)7-11(10)17)24-15(14)18-5-2-6-25(18,21)22/h3-4,7,20H,2,5-6H2,1H3. The molecule has 7 nitrogen and oxygen atoms in total. The fraction of sp³-hybridized carbons (Fsp3) is 0.267. The third-order valence-corrected chi connectivity index (χ3v) is 5.63. The molecule has 1 fully saturated rings. The molecule has 2 aromatic rings. The van der Waals surface area contributed by atoms with Crippen molar-refractivity contribution in [2.24, 2.45) is 0 Å². The molecule has 0 radical (unpaired) electrons. The largest absolute Gasteiger partial charge is 0.502 e. The molecule has 10 heteroatoms. The predicted octanol–water partition coefficient (Wildman–Crippen LogP) is 2.91. The number of furan rings is 1. The molecule has 2 heterocycles. The lowest BCUT2D eigenvalue weighted by Gasteiger charge is -2.14. The Bertz CT molecular complexity index is 955. The number of carbonyl (C=O) groups is 1. The van der Waals surface area contributed by atoms with Crippen molar-refractivity contribution in [1.29, 1.82) is 0 Å². The first kappa shape index (κ1) is 17.6. The average molecular weight is 390 g/mol. The van der Waals surface area contributed by atoms with Crippen LogP contribution in [0.25, 0.3) is 11.3 Å². The average Bonchev–Trinajstić information content (AvgIpc) is 3.00. The first-order valence-electron chi connectivity index (χ1n) is 7.20. The Morgan fingerprint density at radius 1 is 1.44 bits per heavy atom. The van der Waals surface area contributed by atoms with Crippen LogP contribution in [-0.4, -0.2) is 31.8 Å². The van der Waals surface area contributed by atoms with Crippen molar-refractivity contribution < 1.29 is 31.9 Å². The maximum absolute atomic E-state index is 14.2. The minimum absolute atomic E-state index is 0.0894. The summed E-state index contributed by atoms with van der Waals surface area (Å²) in [6.45, 7) is 1.17. The number of halogens is 2. The molecule has 1 aromatic heterocycles. The van der Waals surface area contributed by atoms with Gasteiger partial charge in [-0.1, -0.05) is 11.6 Å². The number of ether oxygens (including phenoxy) is 1. The molecule has 1 aromatic carbocycles. The van der Waals surface area contributed by atoms with E-state index in [1.807, 2.05) is 0 Å². The van der Waals surface area contributed by atoms with Gasteiger partial charge in [0.25, 0.3) is 5.88 Å². The van der Waals surface area contributed by atoms with E-state index in [1.165, 1.54) is 12.1 Å². The number of hydrogen-bond acceptors (Lipinski definition) is 6. The second kappa shape index (κ2) is 6.23. The molecule has 134 valence electrons. The monoisotopic (exact) mass is 389 g/mol. The number of hydrogen-bond donors (Lipinski definition) is 1. The lowest BCUT2D eigenvalue weighted by atomic mass is 10.1. The Hall–Kier alpha value is -2.26. The van der Waals surface area contributed by atoms with Crippen molar-refractivity contribution in [2.45, 2.75) is 13.3 Å². The minimum atomic E-state index is -3.68. The SMILES string of the molecule is CC(=O)Oc1c(N2CCCS2(=O)=O)oc(-c2ccc(Cl)cc2F)c1O. The van der Waals surface area contributed by atoms with Crippen LogP contribution in [0, 0.1) is 5.82 Å². The van der Waals surface area contributed by atoms with E-state index in [2.05, 4.69) is 0 Å². The quantitative estimate of drug-likeness (QED) is 0.811. The summed E-state index contributed by atoms with van der Waals surface area (Å²) in [4.78, 5) is 11.3. The van der Waals surface area contributed by atoms with Crippen LogP contribution in [0.3, 0.4) is 0 Å². The van der Waals surface area contributed by atoms with Crippen molar-refractivity contribution in [3.8, 4) is 22.8 Å². The highest BCUT2D eigenvalue weighted by Crippen LogP contribution is 2.49. The zero-order chi connectivity index (χ0) is 18.4. The van der Waals surface area contributed by atoms with Gasteiger partial charge in [-0.15, -0.1) is 0 Å². The van der Waals surface area contributed by atoms with Gasteiger partial charge >= 0.3 is 5.97 Å². The van der Waals surface area contributed by atoms with Crippen LogP contribution in [0.2, 0.25) is 5.02 Å². The molecule has 0 atom stereocenters. The van der Waals surface area contributed by atoms with Gasteiger partial charge in [0.15, 0.2) is 5.76 Å². The van der Waals surface area contributed by atoms with E-state index >= 15 is 0 Å². The van der Waals surface area contributed by atoms with E-state index in [0.717, 1.165) is 17.3 Å². The van der Waals surface area contributed by atoms with E-state index < -0.39 is 33.3 Å². The molecule has 1 N–H and O–H groups in total. The Kier molecular flexibility index (Phi) is 4.38. The molecular weight excluding hydrogens is 377 g/mol. The number of rotatable bonds is 3. The summed E-state index contributed by atoms with van der Waals surface area (Å²) in [5.41, 5.74) is -0.154. The summed E-state index contributed by atoms with van der Waals surface area (Å²) in [6.07, 6.45) is 0.341. The molecule has 0 unspecified atom stereocenters. The first-order chi connectivity index (χ1) is 11.7. The highest BCUT2D eigenvalue weighted by atomic mass is 35.5. The first-order valence-corrected chi connectivity index (χ1v) is 9.19. The topological polar surface area (TPSA) is 97.0 Å². The van der Waals surface area contributed by atoms with Crippen LogP contribution >= 0.6 is 11.6 Å². The fourth-order valence-corrected chi connectivity index (χ4v) is 4.17. The van der Waals surface area contributed by atoms with Crippen LogP contribution in [0.15, 0.2) is 22.6 Å². The van der Waals surface area contributed by atoms with E-state index in [1.54, 1.807) is 0 Å². The zero-order valence-corrected chi connectivity index (χ0v) is 14.5. The molecule has 0 bridgehead atoms. The smallest absolute Gasteiger partial charge is 0.308 e. The van der Waals surface area contributed by atoms with Gasteiger partial charge in [-0.05, 0) is 24.6 Å².